The Morgan fingerprint density at radius 1 is 1.11 bits per heavy atom. The van der Waals surface area contributed by atoms with Gasteiger partial charge in [0.05, 0.1) is 29.6 Å². The molecule has 2 heterocycles. The number of carbonyl (C=O) groups excluding carboxylic acids is 2. The molecule has 0 unspecified atom stereocenters. The number of amides is 2. The molecule has 9 nitrogen and oxygen atoms in total. The van der Waals surface area contributed by atoms with Crippen molar-refractivity contribution in [2.24, 2.45) is 5.10 Å². The summed E-state index contributed by atoms with van der Waals surface area (Å²) in [4.78, 5) is 29.7. The minimum atomic E-state index is -1.02. The number of furan rings is 1. The number of carbonyl (C=O) groups is 2. The van der Waals surface area contributed by atoms with Crippen LogP contribution in [-0.4, -0.2) is 41.4 Å². The number of benzene rings is 2. The van der Waals surface area contributed by atoms with Crippen molar-refractivity contribution < 1.29 is 23.5 Å². The fourth-order valence-electron chi connectivity index (χ4n) is 3.18. The smallest absolute Gasteiger partial charge is 0.408 e. The Morgan fingerprint density at radius 2 is 1.87 bits per heavy atom. The maximum absolute atomic E-state index is 12.8. The normalized spacial score (nSPS) is 12.5. The minimum absolute atomic E-state index is 0.0702. The number of para-hydroxylation sites is 1. The van der Waals surface area contributed by atoms with Crippen molar-refractivity contribution in [1.82, 2.24) is 15.7 Å². The Morgan fingerprint density at radius 3 is 2.63 bits per heavy atom. The lowest BCUT2D eigenvalue weighted by Gasteiger charge is -2.22. The molecule has 0 aliphatic rings. The van der Waals surface area contributed by atoms with Crippen LogP contribution in [0.3, 0.4) is 0 Å². The molecule has 0 radical (unpaired) electrons. The van der Waals surface area contributed by atoms with Crippen molar-refractivity contribution in [3.63, 3.8) is 0 Å². The van der Waals surface area contributed by atoms with Crippen LogP contribution in [0, 0.1) is 0 Å². The third-order valence-corrected chi connectivity index (χ3v) is 6.85. The van der Waals surface area contributed by atoms with Crippen LogP contribution in [0.5, 0.6) is 0 Å². The topological polar surface area (TPSA) is 115 Å². The van der Waals surface area contributed by atoms with Gasteiger partial charge in [0.25, 0.3) is 5.91 Å². The number of ether oxygens (including phenoxy) is 2. The first-order valence-electron chi connectivity index (χ1n) is 11.8. The summed E-state index contributed by atoms with van der Waals surface area (Å²) < 4.78 is 18.7. The first-order valence-corrected chi connectivity index (χ1v) is 13.5. The molecule has 2 amide bonds. The Bertz CT molecular complexity index is 1360. The van der Waals surface area contributed by atoms with E-state index >= 15 is 0 Å². The molecule has 0 spiro atoms. The largest absolute Gasteiger partial charge is 0.448 e. The summed E-state index contributed by atoms with van der Waals surface area (Å²) in [5.74, 6) is -0.110. The average Bonchev–Trinajstić information content (AvgIpc) is 3.49. The monoisotopic (exact) mass is 552 g/mol. The van der Waals surface area contributed by atoms with Crippen LogP contribution in [0.1, 0.15) is 32.1 Å². The van der Waals surface area contributed by atoms with E-state index in [2.05, 4.69) is 20.8 Å². The van der Waals surface area contributed by atoms with Crippen molar-refractivity contribution >= 4 is 51.5 Å². The van der Waals surface area contributed by atoms with Crippen LogP contribution in [0.15, 0.2) is 85.7 Å². The molecule has 4 rings (SSSR count). The lowest BCUT2D eigenvalue weighted by molar-refractivity contribution is -0.124. The van der Waals surface area contributed by atoms with Crippen molar-refractivity contribution in [1.29, 1.82) is 0 Å². The van der Waals surface area contributed by atoms with Gasteiger partial charge in [-0.05, 0) is 62.4 Å². The van der Waals surface area contributed by atoms with E-state index < -0.39 is 23.6 Å². The van der Waals surface area contributed by atoms with Gasteiger partial charge in [0.1, 0.15) is 17.4 Å². The van der Waals surface area contributed by atoms with Crippen LogP contribution < -0.4 is 10.7 Å². The summed E-state index contributed by atoms with van der Waals surface area (Å²) in [6, 6.07) is 20.0. The summed E-state index contributed by atoms with van der Waals surface area (Å²) in [5, 5.41) is 7.17. The van der Waals surface area contributed by atoms with E-state index in [0.717, 1.165) is 20.1 Å². The number of hydrazone groups is 1. The van der Waals surface area contributed by atoms with Crippen LogP contribution in [-0.2, 0) is 20.9 Å². The number of thiazole rings is 1. The molecule has 0 bridgehead atoms. The van der Waals surface area contributed by atoms with Gasteiger partial charge < -0.3 is 19.2 Å². The van der Waals surface area contributed by atoms with Crippen molar-refractivity contribution in [3.8, 4) is 0 Å². The van der Waals surface area contributed by atoms with Crippen LogP contribution in [0.4, 0.5) is 4.79 Å². The molecule has 2 N–H and O–H groups in total. The number of aromatic nitrogens is 1. The second-order valence-electron chi connectivity index (χ2n) is 9.14. The van der Waals surface area contributed by atoms with E-state index in [1.807, 2.05) is 60.7 Å². The number of nitrogens with one attached hydrogen (secondary N) is 2. The third kappa shape index (κ3) is 8.44. The van der Waals surface area contributed by atoms with Gasteiger partial charge in [0.2, 0.25) is 0 Å². The van der Waals surface area contributed by atoms with E-state index in [4.69, 9.17) is 13.9 Å². The predicted molar refractivity (Wildman–Crippen MR) is 147 cm³/mol. The van der Waals surface area contributed by atoms with Crippen LogP contribution in [0.25, 0.3) is 10.2 Å². The molecule has 0 saturated carbocycles. The predicted octanol–water partition coefficient (Wildman–Crippen LogP) is 5.60. The second kappa shape index (κ2) is 12.7. The molecule has 1 atom stereocenters. The molecule has 0 aliphatic heterocycles. The summed E-state index contributed by atoms with van der Waals surface area (Å²) in [6.45, 7) is 5.43. The van der Waals surface area contributed by atoms with Gasteiger partial charge in [-0.2, -0.15) is 5.10 Å². The Labute approximate surface area is 228 Å². The van der Waals surface area contributed by atoms with E-state index in [1.54, 1.807) is 38.2 Å². The molecule has 2 aromatic carbocycles. The van der Waals surface area contributed by atoms with Gasteiger partial charge in [0.15, 0.2) is 9.43 Å². The van der Waals surface area contributed by atoms with Crippen LogP contribution >= 0.6 is 23.1 Å². The Balaban J connectivity index is 1.33. The van der Waals surface area contributed by atoms with Gasteiger partial charge in [-0.1, -0.05) is 42.5 Å². The number of alkyl carbamates (subject to hydrolysis) is 1. The van der Waals surface area contributed by atoms with Crippen molar-refractivity contribution in [2.45, 2.75) is 48.5 Å². The molecular formula is C27H28N4O5S2. The number of fused-ring (bicyclic) bond motifs is 1. The maximum Gasteiger partial charge on any atom is 0.408 e. The average molecular weight is 553 g/mol. The number of rotatable bonds is 10. The van der Waals surface area contributed by atoms with Gasteiger partial charge in [0, 0.05) is 0 Å². The summed E-state index contributed by atoms with van der Waals surface area (Å²) in [5.41, 5.74) is 3.60. The van der Waals surface area contributed by atoms with E-state index in [9.17, 15) is 9.59 Å². The highest BCUT2D eigenvalue weighted by Gasteiger charge is 2.24. The molecule has 0 aliphatic carbocycles. The quantitative estimate of drug-likeness (QED) is 0.194. The second-order valence-corrected chi connectivity index (χ2v) is 11.4. The van der Waals surface area contributed by atoms with E-state index in [1.165, 1.54) is 18.0 Å². The molecule has 38 heavy (non-hydrogen) atoms. The standard InChI is InChI=1S/C27H28N4O5S2/c1-27(2,3)36-25(33)29-21(17-34-16-18-9-5-4-6-10-18)24(32)31-28-15-19-13-14-23(35-19)38-26-30-20-11-7-8-12-22(20)37-26/h4-15,21H,16-17H2,1-3H3,(H,29,33)(H,31,32)/b28-15-/t21-/m0/s1. The molecular weight excluding hydrogens is 524 g/mol. The zero-order chi connectivity index (χ0) is 27.0. The fourth-order valence-corrected chi connectivity index (χ4v) is 5.15. The molecule has 0 saturated heterocycles. The number of hydrogen-bond acceptors (Lipinski definition) is 9. The van der Waals surface area contributed by atoms with Crippen LogP contribution in [0.2, 0.25) is 0 Å². The van der Waals surface area contributed by atoms with Gasteiger partial charge in [-0.15, -0.1) is 11.3 Å². The summed E-state index contributed by atoms with van der Waals surface area (Å²) in [6.07, 6.45) is 0.655. The Kier molecular flexibility index (Phi) is 9.16. The van der Waals surface area contributed by atoms with Gasteiger partial charge in [-0.25, -0.2) is 15.2 Å². The third-order valence-electron chi connectivity index (χ3n) is 4.83. The molecule has 4 aromatic rings. The number of nitrogens with zero attached hydrogens (tertiary/aromatic N) is 2. The molecule has 0 fully saturated rings. The highest BCUT2D eigenvalue weighted by atomic mass is 32.2. The molecule has 2 aromatic heterocycles. The lowest BCUT2D eigenvalue weighted by atomic mass is 10.2. The highest BCUT2D eigenvalue weighted by molar-refractivity contribution is 8.01. The highest BCUT2D eigenvalue weighted by Crippen LogP contribution is 2.34. The van der Waals surface area contributed by atoms with Crippen molar-refractivity contribution in [3.05, 3.63) is 78.1 Å². The van der Waals surface area contributed by atoms with E-state index in [-0.39, 0.29) is 13.2 Å². The van der Waals surface area contributed by atoms with Crippen molar-refractivity contribution in [2.75, 3.05) is 6.61 Å². The zero-order valence-corrected chi connectivity index (χ0v) is 22.8. The Hall–Kier alpha value is -3.67. The number of hydrogen-bond donors (Lipinski definition) is 2. The summed E-state index contributed by atoms with van der Waals surface area (Å²) >= 11 is 2.99. The SMILES string of the molecule is CC(C)(C)OC(=O)N[C@@H](COCc1ccccc1)C(=O)N/N=C\c1ccc(Sc2nc3ccccc3s2)o1. The first-order chi connectivity index (χ1) is 18.2. The van der Waals surface area contributed by atoms with Gasteiger partial charge in [-0.3, -0.25) is 4.79 Å². The first kappa shape index (κ1) is 27.4. The maximum atomic E-state index is 12.8. The molecule has 198 valence electrons. The van der Waals surface area contributed by atoms with E-state index in [0.29, 0.717) is 10.9 Å². The zero-order valence-electron chi connectivity index (χ0n) is 21.2. The van der Waals surface area contributed by atoms with Gasteiger partial charge >= 0.3 is 6.09 Å². The molecule has 11 heteroatoms. The summed E-state index contributed by atoms with van der Waals surface area (Å²) in [7, 11) is 0. The minimum Gasteiger partial charge on any atom is -0.448 e. The lowest BCUT2D eigenvalue weighted by Crippen LogP contribution is -2.49. The fraction of sp³-hybridized carbons (Fsp3) is 0.259.